The number of ether oxygens (including phenoxy) is 2. The second-order valence-electron chi connectivity index (χ2n) is 14.0. The van der Waals surface area contributed by atoms with E-state index in [4.69, 9.17) is 29.2 Å². The van der Waals surface area contributed by atoms with Gasteiger partial charge in [-0.05, 0) is 42.7 Å². The zero-order valence-electron chi connectivity index (χ0n) is 29.4. The minimum Gasteiger partial charge on any atom is -0.464 e. The molecule has 13 heteroatoms. The maximum absolute atomic E-state index is 12.9. The number of rotatable bonds is 13. The van der Waals surface area contributed by atoms with Crippen LogP contribution in [0.25, 0.3) is 21.9 Å². The molecule has 0 spiro atoms. The quantitative estimate of drug-likeness (QED) is 0.0840. The van der Waals surface area contributed by atoms with Gasteiger partial charge in [0.05, 0.1) is 19.3 Å². The zero-order chi connectivity index (χ0) is 35.4. The van der Waals surface area contributed by atoms with E-state index in [9.17, 15) is 4.79 Å². The fourth-order valence-corrected chi connectivity index (χ4v) is 7.12. The first-order valence-electron chi connectivity index (χ1n) is 16.9. The molecule has 5 atom stereocenters. The topological polar surface area (TPSA) is 148 Å². The summed E-state index contributed by atoms with van der Waals surface area (Å²) in [5.41, 5.74) is 8.39. The molecule has 4 N–H and O–H groups in total. The van der Waals surface area contributed by atoms with Crippen molar-refractivity contribution >= 4 is 48.2 Å². The van der Waals surface area contributed by atoms with Gasteiger partial charge >= 0.3 is 14.5 Å². The Hall–Kier alpha value is -4.35. The molecule has 0 saturated carbocycles. The number of hydrogen-bond acceptors (Lipinski definition) is 11. The molecule has 50 heavy (non-hydrogen) atoms. The third-order valence-corrected chi connectivity index (χ3v) is 9.70. The first-order valence-corrected chi connectivity index (χ1v) is 18.1. The maximum Gasteiger partial charge on any atom is 0.323 e. The van der Waals surface area contributed by atoms with Crippen molar-refractivity contribution in [2.75, 3.05) is 24.3 Å². The third-order valence-electron chi connectivity index (χ3n) is 8.35. The van der Waals surface area contributed by atoms with E-state index in [2.05, 4.69) is 27.3 Å². The molecule has 1 aliphatic heterocycles. The minimum atomic E-state index is -1.77. The van der Waals surface area contributed by atoms with E-state index in [0.29, 0.717) is 35.9 Å². The predicted molar refractivity (Wildman–Crippen MR) is 196 cm³/mol. The molecule has 3 aromatic carbocycles. The Bertz CT molecular complexity index is 1930. The number of nitrogens with two attached hydrogens (primary N) is 1. The Labute approximate surface area is 294 Å². The highest BCUT2D eigenvalue weighted by Gasteiger charge is 2.37. The lowest BCUT2D eigenvalue weighted by atomic mass is 9.99. The molecule has 5 unspecified atom stereocenters. The molecule has 2 aromatic heterocycles. The van der Waals surface area contributed by atoms with Crippen LogP contribution in [0, 0.1) is 18.3 Å². The molecule has 264 valence electrons. The van der Waals surface area contributed by atoms with Gasteiger partial charge in [0.1, 0.15) is 23.8 Å². The van der Waals surface area contributed by atoms with Crippen LogP contribution in [0.2, 0.25) is 0 Å². The Morgan fingerprint density at radius 2 is 1.80 bits per heavy atom. The van der Waals surface area contributed by atoms with Crippen molar-refractivity contribution in [1.29, 1.82) is 0 Å². The Kier molecular flexibility index (Phi) is 10.8. The molecular weight excluding hydrogens is 653 g/mol. The van der Waals surface area contributed by atoms with Crippen LogP contribution in [0.15, 0.2) is 72.8 Å². The number of fused-ring (bicyclic) bond motifs is 2. The Morgan fingerprint density at radius 3 is 2.58 bits per heavy atom. The Morgan fingerprint density at radius 1 is 1.06 bits per heavy atom. The van der Waals surface area contributed by atoms with E-state index in [1.165, 1.54) is 0 Å². The third kappa shape index (κ3) is 8.50. The van der Waals surface area contributed by atoms with E-state index < -0.39 is 14.6 Å². The van der Waals surface area contributed by atoms with Gasteiger partial charge in [0, 0.05) is 17.8 Å². The second-order valence-corrected chi connectivity index (χ2v) is 15.2. The van der Waals surface area contributed by atoms with E-state index in [1.807, 2.05) is 105 Å². The number of esters is 1. The molecule has 12 nitrogen and oxygen atoms in total. The molecule has 1 saturated heterocycles. The molecule has 0 radical (unpaired) electrons. The van der Waals surface area contributed by atoms with E-state index in [1.54, 1.807) is 6.92 Å². The summed E-state index contributed by atoms with van der Waals surface area (Å²) in [7, 11) is -1.77. The van der Waals surface area contributed by atoms with Gasteiger partial charge in [-0.3, -0.25) is 9.36 Å². The second kappa shape index (κ2) is 15.3. The van der Waals surface area contributed by atoms with Gasteiger partial charge in [-0.25, -0.2) is 10.1 Å². The van der Waals surface area contributed by atoms with Gasteiger partial charge in [-0.2, -0.15) is 9.97 Å². The fraction of sp³-hybridized carbons (Fsp3) is 0.405. The van der Waals surface area contributed by atoms with Gasteiger partial charge in [-0.1, -0.05) is 94.4 Å². The number of imidazole rings is 1. The lowest BCUT2D eigenvalue weighted by Gasteiger charge is -2.25. The first kappa shape index (κ1) is 35.5. The van der Waals surface area contributed by atoms with Crippen molar-refractivity contribution < 1.29 is 23.3 Å². The summed E-state index contributed by atoms with van der Waals surface area (Å²) >= 11 is 0. The standard InChI is InChI=1S/C37H46N7O5P/c1-23-19-28(48-34(23)44-25(3)40-31-32(41-36(38)42-33(31)44)39-20-26-13-8-7-9-14-26)21-47-50(43-24(2)35(45)46-22-37(4,5)6)49-30-18-12-16-27-15-10-11-17-29(27)30/h7-18,23-24,28,34,43H,19-22H2,1-6H3,(H3,38,39,41,42). The lowest BCUT2D eigenvalue weighted by molar-refractivity contribution is -0.148. The van der Waals surface area contributed by atoms with Gasteiger partial charge in [0.25, 0.3) is 0 Å². The number of aromatic nitrogens is 4. The van der Waals surface area contributed by atoms with Crippen LogP contribution < -0.4 is 20.7 Å². The van der Waals surface area contributed by atoms with Crippen LogP contribution in [0.5, 0.6) is 5.75 Å². The molecule has 0 bridgehead atoms. The molecule has 5 aromatic rings. The summed E-state index contributed by atoms with van der Waals surface area (Å²) in [5, 5.41) is 8.61. The van der Waals surface area contributed by atoms with Crippen molar-refractivity contribution in [3.63, 3.8) is 0 Å². The number of nitrogen functional groups attached to an aromatic ring is 1. The lowest BCUT2D eigenvalue weighted by Crippen LogP contribution is -2.35. The molecule has 0 amide bonds. The number of aryl methyl sites for hydroxylation is 1. The SMILES string of the molecule is Cc1nc2c(NCc3ccccc3)nc(N)nc2n1C1OC(COP(NC(C)C(=O)OCC(C)(C)C)Oc2cccc3ccccc23)CC1C. The molecule has 3 heterocycles. The largest absolute Gasteiger partial charge is 0.464 e. The highest BCUT2D eigenvalue weighted by Crippen LogP contribution is 2.42. The van der Waals surface area contributed by atoms with Crippen LogP contribution >= 0.6 is 8.53 Å². The monoisotopic (exact) mass is 699 g/mol. The van der Waals surface area contributed by atoms with Crippen molar-refractivity contribution in [3.05, 3.63) is 84.2 Å². The summed E-state index contributed by atoms with van der Waals surface area (Å²) < 4.78 is 27.1. The molecular formula is C37H46N7O5P. The Balaban J connectivity index is 1.18. The van der Waals surface area contributed by atoms with Crippen molar-refractivity contribution in [1.82, 2.24) is 24.6 Å². The van der Waals surface area contributed by atoms with Crippen LogP contribution in [-0.4, -0.2) is 50.8 Å². The predicted octanol–water partition coefficient (Wildman–Crippen LogP) is 7.30. The smallest absolute Gasteiger partial charge is 0.323 e. The molecule has 6 rings (SSSR count). The van der Waals surface area contributed by atoms with Gasteiger partial charge < -0.3 is 29.6 Å². The zero-order valence-corrected chi connectivity index (χ0v) is 30.3. The van der Waals surface area contributed by atoms with Gasteiger partial charge in [-0.15, -0.1) is 0 Å². The normalized spacial score (nSPS) is 19.0. The number of hydrogen-bond donors (Lipinski definition) is 3. The van der Waals surface area contributed by atoms with Crippen molar-refractivity contribution in [2.24, 2.45) is 11.3 Å². The summed E-state index contributed by atoms with van der Waals surface area (Å²) in [4.78, 5) is 26.8. The molecule has 1 aliphatic rings. The number of anilines is 2. The number of nitrogens with one attached hydrogen (secondary N) is 2. The van der Waals surface area contributed by atoms with E-state index in [-0.39, 0.29) is 42.2 Å². The number of benzene rings is 3. The summed E-state index contributed by atoms with van der Waals surface area (Å²) in [6.07, 6.45) is 0.117. The van der Waals surface area contributed by atoms with Gasteiger partial charge in [0.15, 0.2) is 17.0 Å². The minimum absolute atomic E-state index is 0.112. The summed E-state index contributed by atoms with van der Waals surface area (Å²) in [5.74, 6) is 1.86. The highest BCUT2D eigenvalue weighted by atomic mass is 31.2. The summed E-state index contributed by atoms with van der Waals surface area (Å²) in [6.45, 7) is 13.0. The van der Waals surface area contributed by atoms with Crippen molar-refractivity contribution in [2.45, 2.75) is 72.9 Å². The first-order chi connectivity index (χ1) is 23.9. The summed E-state index contributed by atoms with van der Waals surface area (Å²) in [6, 6.07) is 23.3. The maximum atomic E-state index is 12.9. The van der Waals surface area contributed by atoms with Gasteiger partial charge in [0.2, 0.25) is 5.95 Å². The fourth-order valence-electron chi connectivity index (χ4n) is 5.88. The molecule has 1 fully saturated rings. The van der Waals surface area contributed by atoms with Crippen LogP contribution in [-0.2, 0) is 25.3 Å². The van der Waals surface area contributed by atoms with Crippen molar-refractivity contribution in [3.8, 4) is 5.75 Å². The van der Waals surface area contributed by atoms with Crippen LogP contribution in [0.1, 0.15) is 58.7 Å². The number of carbonyl (C=O) groups excluding carboxylic acids is 1. The average molecular weight is 700 g/mol. The number of nitrogens with zero attached hydrogens (tertiary/aromatic N) is 4. The van der Waals surface area contributed by atoms with E-state index in [0.717, 1.165) is 28.6 Å². The van der Waals surface area contributed by atoms with Crippen LogP contribution in [0.4, 0.5) is 11.8 Å². The van der Waals surface area contributed by atoms with E-state index >= 15 is 0 Å². The molecule has 0 aliphatic carbocycles. The average Bonchev–Trinajstić information content (AvgIpc) is 3.62. The highest BCUT2D eigenvalue weighted by molar-refractivity contribution is 7.45. The van der Waals surface area contributed by atoms with Crippen LogP contribution in [0.3, 0.4) is 0 Å². The number of carbonyl (C=O) groups is 1.